The van der Waals surface area contributed by atoms with Gasteiger partial charge in [-0.1, -0.05) is 38.0 Å². The van der Waals surface area contributed by atoms with Gasteiger partial charge in [0.25, 0.3) is 5.91 Å². The molecule has 10 heteroatoms. The normalized spacial score (nSPS) is 11.8. The van der Waals surface area contributed by atoms with Gasteiger partial charge in [0.2, 0.25) is 10.0 Å². The number of unbranched alkanes of at least 4 members (excludes halogenated alkanes) is 2. The fourth-order valence-corrected chi connectivity index (χ4v) is 6.79. The molecule has 0 fully saturated rings. The summed E-state index contributed by atoms with van der Waals surface area (Å²) in [5.74, 6) is -0.172. The molecule has 3 rings (SSSR count). The van der Waals surface area contributed by atoms with Crippen molar-refractivity contribution < 1.29 is 13.2 Å². The number of carbonyl (C=O) groups is 1. The van der Waals surface area contributed by atoms with E-state index >= 15 is 0 Å². The van der Waals surface area contributed by atoms with Crippen LogP contribution in [0, 0.1) is 13.8 Å². The summed E-state index contributed by atoms with van der Waals surface area (Å²) in [6.45, 7) is 10.6. The molecule has 1 aromatic heterocycles. The lowest BCUT2D eigenvalue weighted by atomic mass is 10.1. The van der Waals surface area contributed by atoms with Gasteiger partial charge in [0.15, 0.2) is 5.13 Å². The molecule has 1 amide bonds. The number of aryl methyl sites for hydroxylation is 2. The summed E-state index contributed by atoms with van der Waals surface area (Å²) in [5.41, 5.74) is 3.71. The van der Waals surface area contributed by atoms with Crippen molar-refractivity contribution in [3.8, 4) is 0 Å². The van der Waals surface area contributed by atoms with Crippen LogP contribution in [0.1, 0.15) is 67.4 Å². The second-order valence-electron chi connectivity index (χ2n) is 10.1. The standard InChI is InChI=1S/C29H42N4O3S2.ClH/c1-7-9-17-32(18-10-8-2)38(35,36)25-14-12-24(13-15-25)28(34)33(19-11-16-31(5)6)29-30-26-20-22(3)23(4)21-27(26)37-29;/h12-15,20-21H,7-11,16-19H2,1-6H3;1H. The molecule has 0 aliphatic heterocycles. The van der Waals surface area contributed by atoms with Crippen LogP contribution in [-0.4, -0.2) is 68.8 Å². The van der Waals surface area contributed by atoms with Gasteiger partial charge in [-0.3, -0.25) is 9.69 Å². The molecule has 0 N–H and O–H groups in total. The number of benzene rings is 2. The Morgan fingerprint density at radius 3 is 2.03 bits per heavy atom. The summed E-state index contributed by atoms with van der Waals surface area (Å²) in [5, 5.41) is 0.663. The summed E-state index contributed by atoms with van der Waals surface area (Å²) in [6.07, 6.45) is 4.30. The molecule has 1 heterocycles. The maximum absolute atomic E-state index is 13.7. The molecule has 0 saturated heterocycles. The lowest BCUT2D eigenvalue weighted by Gasteiger charge is -2.23. The molecular weight excluding hydrogens is 552 g/mol. The van der Waals surface area contributed by atoms with Crippen LogP contribution in [-0.2, 0) is 10.0 Å². The van der Waals surface area contributed by atoms with E-state index in [1.165, 1.54) is 22.5 Å². The van der Waals surface area contributed by atoms with E-state index in [1.54, 1.807) is 33.5 Å². The van der Waals surface area contributed by atoms with Gasteiger partial charge in [-0.05, 0) is 101 Å². The van der Waals surface area contributed by atoms with E-state index < -0.39 is 10.0 Å². The minimum atomic E-state index is -3.62. The first-order valence-electron chi connectivity index (χ1n) is 13.5. The highest BCUT2D eigenvalue weighted by Gasteiger charge is 2.25. The van der Waals surface area contributed by atoms with E-state index in [0.29, 0.717) is 30.3 Å². The molecule has 0 unspecified atom stereocenters. The van der Waals surface area contributed by atoms with Crippen LogP contribution < -0.4 is 4.90 Å². The third-order valence-electron chi connectivity index (χ3n) is 6.72. The van der Waals surface area contributed by atoms with Gasteiger partial charge >= 0.3 is 0 Å². The van der Waals surface area contributed by atoms with Crippen LogP contribution in [0.4, 0.5) is 5.13 Å². The molecule has 0 aliphatic carbocycles. The number of carbonyl (C=O) groups excluding carboxylic acids is 1. The Balaban J connectivity index is 0.00000533. The fraction of sp³-hybridized carbons (Fsp3) is 0.517. The van der Waals surface area contributed by atoms with E-state index in [-0.39, 0.29) is 23.2 Å². The SMILES string of the molecule is CCCCN(CCCC)S(=O)(=O)c1ccc(C(=O)N(CCCN(C)C)c2nc3cc(C)c(C)cc3s2)cc1.Cl. The molecule has 0 radical (unpaired) electrons. The fourth-order valence-electron chi connectivity index (χ4n) is 4.21. The predicted octanol–water partition coefficient (Wildman–Crippen LogP) is 6.52. The van der Waals surface area contributed by atoms with Crippen molar-refractivity contribution in [2.75, 3.05) is 45.2 Å². The second-order valence-corrected chi connectivity index (χ2v) is 13.1. The maximum Gasteiger partial charge on any atom is 0.260 e. The molecule has 39 heavy (non-hydrogen) atoms. The smallest absolute Gasteiger partial charge is 0.260 e. The van der Waals surface area contributed by atoms with Crippen molar-refractivity contribution in [2.45, 2.75) is 64.7 Å². The number of aromatic nitrogens is 1. The zero-order valence-electron chi connectivity index (χ0n) is 24.1. The first kappa shape index (κ1) is 33.2. The number of hydrogen-bond donors (Lipinski definition) is 0. The highest BCUT2D eigenvalue weighted by molar-refractivity contribution is 7.89. The summed E-state index contributed by atoms with van der Waals surface area (Å²) < 4.78 is 29.3. The van der Waals surface area contributed by atoms with E-state index in [0.717, 1.165) is 48.9 Å². The van der Waals surface area contributed by atoms with Crippen molar-refractivity contribution in [2.24, 2.45) is 0 Å². The minimum Gasteiger partial charge on any atom is -0.309 e. The number of nitrogens with zero attached hydrogens (tertiary/aromatic N) is 4. The van der Waals surface area contributed by atoms with Gasteiger partial charge in [-0.2, -0.15) is 4.31 Å². The Labute approximate surface area is 244 Å². The van der Waals surface area contributed by atoms with Crippen LogP contribution in [0.15, 0.2) is 41.3 Å². The molecule has 3 aromatic rings. The number of amides is 1. The van der Waals surface area contributed by atoms with Gasteiger partial charge in [0.05, 0.1) is 15.1 Å². The van der Waals surface area contributed by atoms with Gasteiger partial charge in [0, 0.05) is 25.2 Å². The van der Waals surface area contributed by atoms with Crippen molar-refractivity contribution in [1.82, 2.24) is 14.2 Å². The average molecular weight is 595 g/mol. The molecular formula is C29H43ClN4O3S2. The lowest BCUT2D eigenvalue weighted by Crippen LogP contribution is -2.34. The van der Waals surface area contributed by atoms with Crippen LogP contribution in [0.3, 0.4) is 0 Å². The molecule has 0 saturated carbocycles. The number of fused-ring (bicyclic) bond motifs is 1. The van der Waals surface area contributed by atoms with Crippen LogP contribution >= 0.6 is 23.7 Å². The summed E-state index contributed by atoms with van der Waals surface area (Å²) in [6, 6.07) is 10.6. The number of sulfonamides is 1. The van der Waals surface area contributed by atoms with Crippen LogP contribution in [0.5, 0.6) is 0 Å². The molecule has 0 bridgehead atoms. The maximum atomic E-state index is 13.7. The number of thiazole rings is 1. The topological polar surface area (TPSA) is 73.8 Å². The molecule has 7 nitrogen and oxygen atoms in total. The first-order valence-corrected chi connectivity index (χ1v) is 15.8. The first-order chi connectivity index (χ1) is 18.1. The third-order valence-corrected chi connectivity index (χ3v) is 9.67. The Bertz CT molecular complexity index is 1280. The molecule has 2 aromatic carbocycles. The monoisotopic (exact) mass is 594 g/mol. The Morgan fingerprint density at radius 1 is 0.872 bits per heavy atom. The van der Waals surface area contributed by atoms with Gasteiger partial charge in [-0.25, -0.2) is 13.4 Å². The molecule has 0 spiro atoms. The molecule has 0 atom stereocenters. The van der Waals surface area contributed by atoms with E-state index in [2.05, 4.69) is 44.7 Å². The predicted molar refractivity (Wildman–Crippen MR) is 166 cm³/mol. The van der Waals surface area contributed by atoms with Gasteiger partial charge < -0.3 is 4.90 Å². The molecule has 0 aliphatic rings. The van der Waals surface area contributed by atoms with Gasteiger partial charge in [0.1, 0.15) is 0 Å². The second kappa shape index (κ2) is 15.1. The Morgan fingerprint density at radius 2 is 1.46 bits per heavy atom. The summed E-state index contributed by atoms with van der Waals surface area (Å²) >= 11 is 1.51. The van der Waals surface area contributed by atoms with Crippen LogP contribution in [0.25, 0.3) is 10.2 Å². The Hall–Kier alpha value is -2.04. The van der Waals surface area contributed by atoms with Crippen molar-refractivity contribution in [3.05, 3.63) is 53.1 Å². The third kappa shape index (κ3) is 8.47. The van der Waals surface area contributed by atoms with E-state index in [4.69, 9.17) is 4.98 Å². The van der Waals surface area contributed by atoms with E-state index in [1.807, 2.05) is 14.1 Å². The van der Waals surface area contributed by atoms with Crippen LogP contribution in [0.2, 0.25) is 0 Å². The number of anilines is 1. The van der Waals surface area contributed by atoms with Gasteiger partial charge in [-0.15, -0.1) is 12.4 Å². The molecule has 216 valence electrons. The average Bonchev–Trinajstić information content (AvgIpc) is 3.28. The van der Waals surface area contributed by atoms with E-state index in [9.17, 15) is 13.2 Å². The zero-order chi connectivity index (χ0) is 27.9. The van der Waals surface area contributed by atoms with Crippen molar-refractivity contribution >= 4 is 55.0 Å². The largest absolute Gasteiger partial charge is 0.309 e. The van der Waals surface area contributed by atoms with Crippen molar-refractivity contribution in [1.29, 1.82) is 0 Å². The number of rotatable bonds is 14. The lowest BCUT2D eigenvalue weighted by molar-refractivity contribution is 0.0986. The zero-order valence-corrected chi connectivity index (χ0v) is 26.5. The summed E-state index contributed by atoms with van der Waals surface area (Å²) in [7, 11) is 0.409. The summed E-state index contributed by atoms with van der Waals surface area (Å²) in [4.78, 5) is 22.6. The Kier molecular flexibility index (Phi) is 12.8. The minimum absolute atomic E-state index is 0. The van der Waals surface area contributed by atoms with Crippen molar-refractivity contribution in [3.63, 3.8) is 0 Å². The highest BCUT2D eigenvalue weighted by atomic mass is 35.5. The number of hydrogen-bond acceptors (Lipinski definition) is 6. The number of halogens is 1. The highest BCUT2D eigenvalue weighted by Crippen LogP contribution is 2.32. The quantitative estimate of drug-likeness (QED) is 0.212.